The van der Waals surface area contributed by atoms with Crippen molar-refractivity contribution in [2.45, 2.75) is 58.4 Å². The third-order valence-electron chi connectivity index (χ3n) is 7.77. The van der Waals surface area contributed by atoms with Crippen LogP contribution in [-0.4, -0.2) is 79.0 Å². The highest BCUT2D eigenvalue weighted by Crippen LogP contribution is 2.33. The molecule has 1 aromatic carbocycles. The lowest BCUT2D eigenvalue weighted by Crippen LogP contribution is -2.53. The van der Waals surface area contributed by atoms with Crippen LogP contribution in [0.1, 0.15) is 69.5 Å². The number of urea groups is 1. The molecule has 1 saturated carbocycles. The van der Waals surface area contributed by atoms with Gasteiger partial charge in [-0.2, -0.15) is 0 Å². The average Bonchev–Trinajstić information content (AvgIpc) is 3.42. The Morgan fingerprint density at radius 2 is 1.69 bits per heavy atom. The molecular formula is C28H40N4O4. The zero-order chi connectivity index (χ0) is 25.8. The van der Waals surface area contributed by atoms with Crippen molar-refractivity contribution in [2.24, 2.45) is 5.92 Å². The third kappa shape index (κ3) is 5.59. The van der Waals surface area contributed by atoms with E-state index < -0.39 is 12.0 Å². The second-order valence-corrected chi connectivity index (χ2v) is 10.4. The maximum Gasteiger partial charge on any atom is 0.338 e. The fraction of sp³-hybridized carbons (Fsp3) is 0.607. The van der Waals surface area contributed by atoms with E-state index in [4.69, 9.17) is 4.74 Å². The average molecular weight is 497 g/mol. The second-order valence-electron chi connectivity index (χ2n) is 10.4. The third-order valence-corrected chi connectivity index (χ3v) is 7.77. The molecule has 0 bridgehead atoms. The molecule has 1 saturated heterocycles. The quantitative estimate of drug-likeness (QED) is 0.583. The highest BCUT2D eigenvalue weighted by Gasteiger charge is 2.38. The molecule has 0 aromatic heterocycles. The first-order valence-corrected chi connectivity index (χ1v) is 13.4. The number of amides is 3. The number of carbonyl (C=O) groups excluding carboxylic acids is 3. The lowest BCUT2D eigenvalue weighted by molar-refractivity contribution is -0.139. The van der Waals surface area contributed by atoms with Gasteiger partial charge in [0.1, 0.15) is 0 Å². The van der Waals surface area contributed by atoms with E-state index in [0.29, 0.717) is 49.9 Å². The van der Waals surface area contributed by atoms with Crippen molar-refractivity contribution in [2.75, 3.05) is 46.4 Å². The molecule has 4 rings (SSSR count). The van der Waals surface area contributed by atoms with Gasteiger partial charge in [-0.25, -0.2) is 9.59 Å². The monoisotopic (exact) mass is 496 g/mol. The van der Waals surface area contributed by atoms with Gasteiger partial charge in [0.25, 0.3) is 0 Å². The summed E-state index contributed by atoms with van der Waals surface area (Å²) in [4.78, 5) is 44.8. The van der Waals surface area contributed by atoms with Crippen LogP contribution in [0.3, 0.4) is 0 Å². The molecule has 1 N–H and O–H groups in total. The SMILES string of the molecule is CCOC(=O)C1=C(CN2CCN(C(=O)C3CCCC3)CC2)N(C)C(=O)NC1c1ccc(C(C)C)cc1. The normalized spacial score (nSPS) is 21.8. The summed E-state index contributed by atoms with van der Waals surface area (Å²) in [6, 6.07) is 7.24. The van der Waals surface area contributed by atoms with Gasteiger partial charge in [-0.05, 0) is 36.8 Å². The van der Waals surface area contributed by atoms with Gasteiger partial charge in [-0.1, -0.05) is 51.0 Å². The smallest absolute Gasteiger partial charge is 0.338 e. The first-order valence-electron chi connectivity index (χ1n) is 13.4. The number of rotatable bonds is 7. The molecule has 1 unspecified atom stereocenters. The topological polar surface area (TPSA) is 82.2 Å². The number of benzene rings is 1. The van der Waals surface area contributed by atoms with Crippen LogP contribution >= 0.6 is 0 Å². The van der Waals surface area contributed by atoms with Crippen molar-refractivity contribution in [1.82, 2.24) is 20.0 Å². The van der Waals surface area contributed by atoms with Crippen LogP contribution in [0.4, 0.5) is 4.79 Å². The molecule has 3 amide bonds. The Kier molecular flexibility index (Phi) is 8.34. The molecular weight excluding hydrogens is 456 g/mol. The van der Waals surface area contributed by atoms with Gasteiger partial charge in [0.05, 0.1) is 18.2 Å². The molecule has 2 aliphatic heterocycles. The van der Waals surface area contributed by atoms with Crippen LogP contribution < -0.4 is 5.32 Å². The van der Waals surface area contributed by atoms with Crippen molar-refractivity contribution in [3.63, 3.8) is 0 Å². The Morgan fingerprint density at radius 3 is 2.28 bits per heavy atom. The highest BCUT2D eigenvalue weighted by molar-refractivity contribution is 5.95. The van der Waals surface area contributed by atoms with Gasteiger partial charge in [-0.15, -0.1) is 0 Å². The van der Waals surface area contributed by atoms with E-state index in [9.17, 15) is 14.4 Å². The minimum absolute atomic E-state index is 0.186. The van der Waals surface area contributed by atoms with Crippen LogP contribution in [0.25, 0.3) is 0 Å². The highest BCUT2D eigenvalue weighted by atomic mass is 16.5. The molecule has 3 aliphatic rings. The van der Waals surface area contributed by atoms with E-state index in [1.165, 1.54) is 10.5 Å². The molecule has 0 radical (unpaired) electrons. The summed E-state index contributed by atoms with van der Waals surface area (Å²) in [5.74, 6) is 0.455. The van der Waals surface area contributed by atoms with Crippen LogP contribution in [0.2, 0.25) is 0 Å². The van der Waals surface area contributed by atoms with Crippen LogP contribution in [-0.2, 0) is 14.3 Å². The van der Waals surface area contributed by atoms with E-state index in [1.54, 1.807) is 14.0 Å². The van der Waals surface area contributed by atoms with Gasteiger partial charge in [-0.3, -0.25) is 14.6 Å². The summed E-state index contributed by atoms with van der Waals surface area (Å²) >= 11 is 0. The molecule has 1 atom stereocenters. The van der Waals surface area contributed by atoms with Crippen molar-refractivity contribution in [1.29, 1.82) is 0 Å². The Hall–Kier alpha value is -2.87. The fourth-order valence-electron chi connectivity index (χ4n) is 5.49. The van der Waals surface area contributed by atoms with Crippen molar-refractivity contribution < 1.29 is 19.1 Å². The lowest BCUT2D eigenvalue weighted by Gasteiger charge is -2.40. The van der Waals surface area contributed by atoms with Crippen molar-refractivity contribution in [3.8, 4) is 0 Å². The summed E-state index contributed by atoms with van der Waals surface area (Å²) in [5, 5.41) is 3.00. The molecule has 36 heavy (non-hydrogen) atoms. The minimum atomic E-state index is -0.575. The first kappa shape index (κ1) is 26.2. The maximum absolute atomic E-state index is 13.2. The number of esters is 1. The van der Waals surface area contributed by atoms with Crippen molar-refractivity contribution in [3.05, 3.63) is 46.7 Å². The number of hydrogen-bond acceptors (Lipinski definition) is 5. The van der Waals surface area contributed by atoms with Crippen molar-refractivity contribution >= 4 is 17.9 Å². The van der Waals surface area contributed by atoms with E-state index in [-0.39, 0.29) is 24.5 Å². The van der Waals surface area contributed by atoms with Crippen LogP contribution in [0, 0.1) is 5.92 Å². The molecule has 1 aromatic rings. The van der Waals surface area contributed by atoms with Crippen LogP contribution in [0.15, 0.2) is 35.5 Å². The number of carbonyl (C=O) groups is 3. The lowest BCUT2D eigenvalue weighted by atomic mass is 9.92. The first-order chi connectivity index (χ1) is 17.3. The molecule has 1 aliphatic carbocycles. The Labute approximate surface area is 214 Å². The summed E-state index contributed by atoms with van der Waals surface area (Å²) in [7, 11) is 1.70. The number of nitrogens with one attached hydrogen (secondary N) is 1. The van der Waals surface area contributed by atoms with Gasteiger partial charge in [0, 0.05) is 51.4 Å². The van der Waals surface area contributed by atoms with Gasteiger partial charge >= 0.3 is 12.0 Å². The Balaban J connectivity index is 1.56. The van der Waals surface area contributed by atoms with Crippen LogP contribution in [0.5, 0.6) is 0 Å². The predicted molar refractivity (Wildman–Crippen MR) is 138 cm³/mol. The number of nitrogens with zero attached hydrogens (tertiary/aromatic N) is 3. The van der Waals surface area contributed by atoms with E-state index in [1.807, 2.05) is 29.2 Å². The summed E-state index contributed by atoms with van der Waals surface area (Å²) in [6.45, 7) is 9.53. The molecule has 196 valence electrons. The molecule has 8 nitrogen and oxygen atoms in total. The minimum Gasteiger partial charge on any atom is -0.463 e. The van der Waals surface area contributed by atoms with E-state index in [0.717, 1.165) is 31.2 Å². The fourth-order valence-corrected chi connectivity index (χ4v) is 5.49. The van der Waals surface area contributed by atoms with Gasteiger partial charge < -0.3 is 15.0 Å². The largest absolute Gasteiger partial charge is 0.463 e. The number of hydrogen-bond donors (Lipinski definition) is 1. The number of ether oxygens (including phenoxy) is 1. The predicted octanol–water partition coefficient (Wildman–Crippen LogP) is 3.66. The summed E-state index contributed by atoms with van der Waals surface area (Å²) in [6.07, 6.45) is 4.32. The van der Waals surface area contributed by atoms with Gasteiger partial charge in [0.15, 0.2) is 0 Å². The number of piperazine rings is 1. The standard InChI is InChI=1S/C28H40N4O4/c1-5-36-27(34)24-23(18-31-14-16-32(17-15-31)26(33)22-8-6-7-9-22)30(4)28(35)29-25(24)21-12-10-20(11-13-21)19(2)3/h10-13,19,22,25H,5-9,14-18H2,1-4H3,(H,29,35). The molecule has 2 heterocycles. The molecule has 0 spiro atoms. The second kappa shape index (κ2) is 11.5. The Morgan fingerprint density at radius 1 is 1.06 bits per heavy atom. The maximum atomic E-state index is 13.2. The van der Waals surface area contributed by atoms with E-state index in [2.05, 4.69) is 24.1 Å². The zero-order valence-electron chi connectivity index (χ0n) is 22.1. The number of likely N-dealkylation sites (N-methyl/N-ethyl adjacent to an activating group) is 1. The van der Waals surface area contributed by atoms with Gasteiger partial charge in [0.2, 0.25) is 5.91 Å². The molecule has 8 heteroatoms. The van der Waals surface area contributed by atoms with E-state index >= 15 is 0 Å². The molecule has 2 fully saturated rings. The Bertz CT molecular complexity index is 989. The summed E-state index contributed by atoms with van der Waals surface area (Å²) in [5.41, 5.74) is 3.18. The zero-order valence-corrected chi connectivity index (χ0v) is 22.1. The summed E-state index contributed by atoms with van der Waals surface area (Å²) < 4.78 is 5.46.